The van der Waals surface area contributed by atoms with Crippen LogP contribution in [0.15, 0.2) is 18.2 Å². The summed E-state index contributed by atoms with van der Waals surface area (Å²) in [5, 5.41) is 0. The van der Waals surface area contributed by atoms with Crippen molar-refractivity contribution in [3.05, 3.63) is 35.1 Å². The predicted molar refractivity (Wildman–Crippen MR) is 55.7 cm³/mol. The van der Waals surface area contributed by atoms with Gasteiger partial charge in [-0.2, -0.15) is 13.2 Å². The van der Waals surface area contributed by atoms with E-state index in [1.807, 2.05) is 0 Å². The Morgan fingerprint density at radius 2 is 1.88 bits per heavy atom. The molecule has 1 nitrogen and oxygen atoms in total. The molecule has 1 aromatic carbocycles. The Morgan fingerprint density at radius 1 is 1.24 bits per heavy atom. The highest BCUT2D eigenvalue weighted by molar-refractivity contribution is 5.34. The predicted octanol–water partition coefficient (Wildman–Crippen LogP) is 3.64. The SMILES string of the molecule is N[C@H](c1cccc(F)c1C(F)(F)F)C1CCC1. The molecule has 1 aliphatic carbocycles. The molecule has 94 valence electrons. The van der Waals surface area contributed by atoms with Gasteiger partial charge in [0.15, 0.2) is 0 Å². The summed E-state index contributed by atoms with van der Waals surface area (Å²) in [6.45, 7) is 0. The van der Waals surface area contributed by atoms with Crippen LogP contribution in [-0.2, 0) is 6.18 Å². The largest absolute Gasteiger partial charge is 0.419 e. The van der Waals surface area contributed by atoms with Gasteiger partial charge in [0.1, 0.15) is 5.82 Å². The quantitative estimate of drug-likeness (QED) is 0.793. The fourth-order valence-corrected chi connectivity index (χ4v) is 2.17. The molecular formula is C12H13F4N. The zero-order valence-corrected chi connectivity index (χ0v) is 9.10. The van der Waals surface area contributed by atoms with Crippen LogP contribution in [0.4, 0.5) is 17.6 Å². The van der Waals surface area contributed by atoms with Crippen LogP contribution in [0.3, 0.4) is 0 Å². The van der Waals surface area contributed by atoms with Crippen LogP contribution in [0.2, 0.25) is 0 Å². The van der Waals surface area contributed by atoms with Gasteiger partial charge in [0.25, 0.3) is 0 Å². The van der Waals surface area contributed by atoms with Gasteiger partial charge in [-0.3, -0.25) is 0 Å². The highest BCUT2D eigenvalue weighted by Crippen LogP contribution is 2.42. The lowest BCUT2D eigenvalue weighted by Gasteiger charge is -2.32. The summed E-state index contributed by atoms with van der Waals surface area (Å²) in [4.78, 5) is 0. The summed E-state index contributed by atoms with van der Waals surface area (Å²) in [6.07, 6.45) is -2.08. The van der Waals surface area contributed by atoms with Crippen LogP contribution < -0.4 is 5.73 Å². The first kappa shape index (κ1) is 12.4. The summed E-state index contributed by atoms with van der Waals surface area (Å²) < 4.78 is 51.6. The molecule has 1 aliphatic rings. The minimum absolute atomic E-state index is 0.0397. The van der Waals surface area contributed by atoms with E-state index in [4.69, 9.17) is 5.73 Å². The molecule has 17 heavy (non-hydrogen) atoms. The topological polar surface area (TPSA) is 26.0 Å². The number of rotatable bonds is 2. The van der Waals surface area contributed by atoms with Crippen LogP contribution in [-0.4, -0.2) is 0 Å². The first-order valence-electron chi connectivity index (χ1n) is 5.52. The van der Waals surface area contributed by atoms with Gasteiger partial charge in [-0.05, 0) is 30.4 Å². The smallest absolute Gasteiger partial charge is 0.324 e. The molecule has 0 spiro atoms. The van der Waals surface area contributed by atoms with E-state index in [2.05, 4.69) is 0 Å². The van der Waals surface area contributed by atoms with Gasteiger partial charge in [0.2, 0.25) is 0 Å². The molecule has 0 radical (unpaired) electrons. The number of hydrogen-bond acceptors (Lipinski definition) is 1. The average molecular weight is 247 g/mol. The molecule has 0 aromatic heterocycles. The van der Waals surface area contributed by atoms with Crippen molar-refractivity contribution in [2.45, 2.75) is 31.5 Å². The van der Waals surface area contributed by atoms with Gasteiger partial charge < -0.3 is 5.73 Å². The molecular weight excluding hydrogens is 234 g/mol. The Labute approximate surface area is 96.6 Å². The van der Waals surface area contributed by atoms with Crippen LogP contribution in [0, 0.1) is 11.7 Å². The Kier molecular flexibility index (Phi) is 3.12. The molecule has 0 bridgehead atoms. The van der Waals surface area contributed by atoms with Gasteiger partial charge >= 0.3 is 6.18 Å². The normalized spacial score (nSPS) is 18.9. The van der Waals surface area contributed by atoms with Crippen LogP contribution >= 0.6 is 0 Å². The standard InChI is InChI=1S/C12H13F4N/c13-9-6-2-5-8(10(9)12(14,15)16)11(17)7-3-1-4-7/h2,5-7,11H,1,3-4,17H2/t11-/m0/s1. The van der Waals surface area contributed by atoms with Gasteiger partial charge in [-0.25, -0.2) is 4.39 Å². The van der Waals surface area contributed by atoms with Crippen molar-refractivity contribution >= 4 is 0 Å². The number of nitrogens with two attached hydrogens (primary N) is 1. The van der Waals surface area contributed by atoms with Gasteiger partial charge in [-0.15, -0.1) is 0 Å². The molecule has 2 N–H and O–H groups in total. The monoisotopic (exact) mass is 247 g/mol. The zero-order chi connectivity index (χ0) is 12.6. The third-order valence-corrected chi connectivity index (χ3v) is 3.35. The van der Waals surface area contributed by atoms with Gasteiger partial charge in [-0.1, -0.05) is 18.6 Å². The third-order valence-electron chi connectivity index (χ3n) is 3.35. The highest BCUT2D eigenvalue weighted by atomic mass is 19.4. The molecule has 1 saturated carbocycles. The Balaban J connectivity index is 2.42. The number of hydrogen-bond donors (Lipinski definition) is 1. The summed E-state index contributed by atoms with van der Waals surface area (Å²) in [7, 11) is 0. The second-order valence-electron chi connectivity index (χ2n) is 4.42. The number of alkyl halides is 3. The Hall–Kier alpha value is -1.10. The van der Waals surface area contributed by atoms with Crippen molar-refractivity contribution in [2.75, 3.05) is 0 Å². The van der Waals surface area contributed by atoms with Crippen molar-refractivity contribution in [3.8, 4) is 0 Å². The second kappa shape index (κ2) is 4.29. The van der Waals surface area contributed by atoms with E-state index in [1.165, 1.54) is 12.1 Å². The molecule has 2 rings (SSSR count). The fraction of sp³-hybridized carbons (Fsp3) is 0.500. The molecule has 0 amide bonds. The molecule has 0 saturated heterocycles. The highest BCUT2D eigenvalue weighted by Gasteiger charge is 2.39. The first-order valence-corrected chi connectivity index (χ1v) is 5.52. The van der Waals surface area contributed by atoms with E-state index >= 15 is 0 Å². The number of halogens is 4. The van der Waals surface area contributed by atoms with Gasteiger partial charge in [0.05, 0.1) is 5.56 Å². The van der Waals surface area contributed by atoms with E-state index in [0.717, 1.165) is 25.3 Å². The van der Waals surface area contributed by atoms with Crippen LogP contribution in [0.25, 0.3) is 0 Å². The maximum Gasteiger partial charge on any atom is 0.419 e. The molecule has 1 atom stereocenters. The summed E-state index contributed by atoms with van der Waals surface area (Å²) >= 11 is 0. The summed E-state index contributed by atoms with van der Waals surface area (Å²) in [6, 6.07) is 2.64. The lowest BCUT2D eigenvalue weighted by molar-refractivity contribution is -0.141. The lowest BCUT2D eigenvalue weighted by atomic mass is 9.76. The van der Waals surface area contributed by atoms with E-state index in [1.54, 1.807) is 0 Å². The zero-order valence-electron chi connectivity index (χ0n) is 9.10. The molecule has 1 fully saturated rings. The van der Waals surface area contributed by atoms with Gasteiger partial charge in [0, 0.05) is 6.04 Å². The van der Waals surface area contributed by atoms with E-state index in [9.17, 15) is 17.6 Å². The molecule has 0 unspecified atom stereocenters. The number of benzene rings is 1. The van der Waals surface area contributed by atoms with Crippen molar-refractivity contribution < 1.29 is 17.6 Å². The maximum absolute atomic E-state index is 13.3. The summed E-state index contributed by atoms with van der Waals surface area (Å²) in [5.41, 5.74) is 4.47. The molecule has 0 heterocycles. The van der Waals surface area contributed by atoms with Crippen molar-refractivity contribution in [3.63, 3.8) is 0 Å². The van der Waals surface area contributed by atoms with Crippen molar-refractivity contribution in [1.82, 2.24) is 0 Å². The van der Waals surface area contributed by atoms with Crippen LogP contribution in [0.5, 0.6) is 0 Å². The molecule has 5 heteroatoms. The second-order valence-corrected chi connectivity index (χ2v) is 4.42. The third kappa shape index (κ3) is 2.29. The van der Waals surface area contributed by atoms with E-state index in [-0.39, 0.29) is 11.5 Å². The van der Waals surface area contributed by atoms with E-state index < -0.39 is 23.6 Å². The lowest BCUT2D eigenvalue weighted by Crippen LogP contribution is -2.29. The summed E-state index contributed by atoms with van der Waals surface area (Å²) in [5.74, 6) is -1.21. The van der Waals surface area contributed by atoms with Crippen molar-refractivity contribution in [2.24, 2.45) is 11.7 Å². The first-order chi connectivity index (χ1) is 7.91. The van der Waals surface area contributed by atoms with Crippen molar-refractivity contribution in [1.29, 1.82) is 0 Å². The molecule has 1 aromatic rings. The molecule has 0 aliphatic heterocycles. The minimum atomic E-state index is -4.69. The minimum Gasteiger partial charge on any atom is -0.324 e. The Bertz CT molecular complexity index is 409. The fourth-order valence-electron chi connectivity index (χ4n) is 2.17. The average Bonchev–Trinajstić information content (AvgIpc) is 2.12. The Morgan fingerprint density at radius 3 is 2.35 bits per heavy atom. The van der Waals surface area contributed by atoms with E-state index in [0.29, 0.717) is 0 Å². The maximum atomic E-state index is 13.3. The van der Waals surface area contributed by atoms with Crippen LogP contribution in [0.1, 0.15) is 36.4 Å².